The van der Waals surface area contributed by atoms with Gasteiger partial charge in [0.1, 0.15) is 11.8 Å². The van der Waals surface area contributed by atoms with Gasteiger partial charge in [0.15, 0.2) is 0 Å². The lowest BCUT2D eigenvalue weighted by molar-refractivity contribution is 0.516. The highest BCUT2D eigenvalue weighted by Crippen LogP contribution is 2.22. The van der Waals surface area contributed by atoms with E-state index in [1.807, 2.05) is 23.9 Å². The number of anilines is 1. The lowest BCUT2D eigenvalue weighted by Gasteiger charge is -2.21. The zero-order chi connectivity index (χ0) is 11.2. The van der Waals surface area contributed by atoms with E-state index in [1.165, 1.54) is 24.3 Å². The molecule has 0 unspecified atom stereocenters. The van der Waals surface area contributed by atoms with E-state index in [0.717, 1.165) is 18.2 Å². The van der Waals surface area contributed by atoms with Crippen molar-refractivity contribution in [1.82, 2.24) is 4.98 Å². The molecule has 16 heavy (non-hydrogen) atoms. The number of pyridine rings is 1. The van der Waals surface area contributed by atoms with Gasteiger partial charge in [-0.25, -0.2) is 4.98 Å². The first-order valence-corrected chi connectivity index (χ1v) is 6.72. The molecule has 1 aromatic rings. The van der Waals surface area contributed by atoms with Crippen molar-refractivity contribution >= 4 is 17.4 Å². The second kappa shape index (κ2) is 5.76. The average Bonchev–Trinajstić information content (AvgIpc) is 2.38. The monoisotopic (exact) mass is 233 g/mol. The second-order valence-electron chi connectivity index (χ2n) is 3.98. The van der Waals surface area contributed by atoms with Crippen molar-refractivity contribution in [3.05, 3.63) is 24.0 Å². The van der Waals surface area contributed by atoms with Crippen LogP contribution >= 0.6 is 11.8 Å². The van der Waals surface area contributed by atoms with Crippen molar-refractivity contribution in [3.8, 4) is 6.07 Å². The van der Waals surface area contributed by atoms with Crippen LogP contribution in [-0.4, -0.2) is 23.0 Å². The van der Waals surface area contributed by atoms with E-state index in [0.29, 0.717) is 5.69 Å². The number of rotatable bonds is 3. The standard InChI is InChI=1S/C12H15N3S/c13-7-11-1-2-12(9-15-11)14-8-10-3-5-16-6-4-10/h1-2,9-10,14H,3-6,8H2. The van der Waals surface area contributed by atoms with Crippen LogP contribution in [0.1, 0.15) is 18.5 Å². The Balaban J connectivity index is 1.82. The Morgan fingerprint density at radius 2 is 2.25 bits per heavy atom. The molecule has 0 aliphatic carbocycles. The van der Waals surface area contributed by atoms with E-state index in [4.69, 9.17) is 5.26 Å². The third-order valence-electron chi connectivity index (χ3n) is 2.81. The van der Waals surface area contributed by atoms with Crippen LogP contribution < -0.4 is 5.32 Å². The second-order valence-corrected chi connectivity index (χ2v) is 5.21. The number of nitrogens with one attached hydrogen (secondary N) is 1. The van der Waals surface area contributed by atoms with E-state index in [2.05, 4.69) is 10.3 Å². The summed E-state index contributed by atoms with van der Waals surface area (Å²) in [4.78, 5) is 4.03. The number of nitriles is 1. The highest BCUT2D eigenvalue weighted by Gasteiger charge is 2.12. The smallest absolute Gasteiger partial charge is 0.140 e. The molecule has 0 saturated carbocycles. The summed E-state index contributed by atoms with van der Waals surface area (Å²) in [5.74, 6) is 3.37. The van der Waals surface area contributed by atoms with Gasteiger partial charge in [0.05, 0.1) is 11.9 Å². The number of hydrogen-bond donors (Lipinski definition) is 1. The van der Waals surface area contributed by atoms with Crippen LogP contribution in [0.3, 0.4) is 0 Å². The Hall–Kier alpha value is -1.21. The van der Waals surface area contributed by atoms with Gasteiger partial charge in [-0.15, -0.1) is 0 Å². The minimum Gasteiger partial charge on any atom is -0.384 e. The average molecular weight is 233 g/mol. The van der Waals surface area contributed by atoms with Crippen molar-refractivity contribution < 1.29 is 0 Å². The predicted molar refractivity (Wildman–Crippen MR) is 67.5 cm³/mol. The van der Waals surface area contributed by atoms with Gasteiger partial charge in [-0.3, -0.25) is 0 Å². The van der Waals surface area contributed by atoms with E-state index >= 15 is 0 Å². The Labute approximate surface area is 100 Å². The number of thioether (sulfide) groups is 1. The molecule has 4 heteroatoms. The van der Waals surface area contributed by atoms with Crippen LogP contribution in [-0.2, 0) is 0 Å². The Morgan fingerprint density at radius 1 is 1.44 bits per heavy atom. The molecule has 0 atom stereocenters. The molecule has 1 aromatic heterocycles. The maximum atomic E-state index is 8.63. The summed E-state index contributed by atoms with van der Waals surface area (Å²) in [7, 11) is 0. The normalized spacial score (nSPS) is 16.7. The van der Waals surface area contributed by atoms with Crippen molar-refractivity contribution in [2.75, 3.05) is 23.4 Å². The number of hydrogen-bond acceptors (Lipinski definition) is 4. The van der Waals surface area contributed by atoms with Gasteiger partial charge in [0.2, 0.25) is 0 Å². The van der Waals surface area contributed by atoms with Crippen LogP contribution in [0, 0.1) is 17.2 Å². The van der Waals surface area contributed by atoms with Gasteiger partial charge in [-0.1, -0.05) is 0 Å². The first kappa shape index (κ1) is 11.3. The summed E-state index contributed by atoms with van der Waals surface area (Å²) >= 11 is 2.05. The molecule has 0 aromatic carbocycles. The highest BCUT2D eigenvalue weighted by atomic mass is 32.2. The molecule has 3 nitrogen and oxygen atoms in total. The third-order valence-corrected chi connectivity index (χ3v) is 3.86. The number of nitrogens with zero attached hydrogens (tertiary/aromatic N) is 2. The quantitative estimate of drug-likeness (QED) is 0.871. The molecule has 0 bridgehead atoms. The van der Waals surface area contributed by atoms with Crippen LogP contribution in [0.25, 0.3) is 0 Å². The van der Waals surface area contributed by atoms with Gasteiger partial charge in [0, 0.05) is 6.54 Å². The van der Waals surface area contributed by atoms with E-state index in [1.54, 1.807) is 12.3 Å². The predicted octanol–water partition coefficient (Wildman–Crippen LogP) is 2.51. The zero-order valence-corrected chi connectivity index (χ0v) is 9.96. The van der Waals surface area contributed by atoms with Crippen LogP contribution in [0.5, 0.6) is 0 Å². The molecular weight excluding hydrogens is 218 g/mol. The molecule has 2 rings (SSSR count). The molecular formula is C12H15N3S. The fraction of sp³-hybridized carbons (Fsp3) is 0.500. The molecule has 0 amide bonds. The van der Waals surface area contributed by atoms with Crippen molar-refractivity contribution in [2.24, 2.45) is 5.92 Å². The Morgan fingerprint density at radius 3 is 2.88 bits per heavy atom. The zero-order valence-electron chi connectivity index (χ0n) is 9.15. The first-order chi connectivity index (χ1) is 7.88. The maximum absolute atomic E-state index is 8.63. The van der Waals surface area contributed by atoms with Crippen LogP contribution in [0.2, 0.25) is 0 Å². The van der Waals surface area contributed by atoms with Crippen molar-refractivity contribution in [1.29, 1.82) is 5.26 Å². The molecule has 2 heterocycles. The summed E-state index contributed by atoms with van der Waals surface area (Å²) in [6, 6.07) is 5.69. The van der Waals surface area contributed by atoms with Crippen molar-refractivity contribution in [3.63, 3.8) is 0 Å². The minimum absolute atomic E-state index is 0.472. The molecule has 1 saturated heterocycles. The highest BCUT2D eigenvalue weighted by molar-refractivity contribution is 7.99. The van der Waals surface area contributed by atoms with E-state index < -0.39 is 0 Å². The fourth-order valence-electron chi connectivity index (χ4n) is 1.78. The number of aromatic nitrogens is 1. The summed E-state index contributed by atoms with van der Waals surface area (Å²) in [6.45, 7) is 1.02. The molecule has 1 aliphatic heterocycles. The summed E-state index contributed by atoms with van der Waals surface area (Å²) in [6.07, 6.45) is 4.35. The molecule has 84 valence electrons. The van der Waals surface area contributed by atoms with Gasteiger partial charge in [-0.2, -0.15) is 17.0 Å². The summed E-state index contributed by atoms with van der Waals surface area (Å²) in [5.41, 5.74) is 1.48. The topological polar surface area (TPSA) is 48.7 Å². The molecule has 0 radical (unpaired) electrons. The van der Waals surface area contributed by atoms with Crippen LogP contribution in [0.15, 0.2) is 18.3 Å². The van der Waals surface area contributed by atoms with Gasteiger partial charge in [-0.05, 0) is 42.4 Å². The minimum atomic E-state index is 0.472. The lowest BCUT2D eigenvalue weighted by Crippen LogP contribution is -2.19. The van der Waals surface area contributed by atoms with Crippen molar-refractivity contribution in [2.45, 2.75) is 12.8 Å². The fourth-order valence-corrected chi connectivity index (χ4v) is 2.98. The van der Waals surface area contributed by atoms with Gasteiger partial charge in [0.25, 0.3) is 0 Å². The largest absolute Gasteiger partial charge is 0.384 e. The Bertz CT molecular complexity index is 363. The molecule has 1 aliphatic rings. The third kappa shape index (κ3) is 3.14. The van der Waals surface area contributed by atoms with Gasteiger partial charge < -0.3 is 5.32 Å². The lowest BCUT2D eigenvalue weighted by atomic mass is 10.0. The molecule has 1 N–H and O–H groups in total. The molecule has 1 fully saturated rings. The summed E-state index contributed by atoms with van der Waals surface area (Å²) in [5, 5.41) is 12.0. The summed E-state index contributed by atoms with van der Waals surface area (Å²) < 4.78 is 0. The SMILES string of the molecule is N#Cc1ccc(NCC2CCSCC2)cn1. The first-order valence-electron chi connectivity index (χ1n) is 5.56. The maximum Gasteiger partial charge on any atom is 0.140 e. The van der Waals surface area contributed by atoms with E-state index in [9.17, 15) is 0 Å². The van der Waals surface area contributed by atoms with Gasteiger partial charge >= 0.3 is 0 Å². The van der Waals surface area contributed by atoms with E-state index in [-0.39, 0.29) is 0 Å². The van der Waals surface area contributed by atoms with Crippen LogP contribution in [0.4, 0.5) is 5.69 Å². The molecule has 0 spiro atoms. The Kier molecular flexibility index (Phi) is 4.06.